The predicted molar refractivity (Wildman–Crippen MR) is 217 cm³/mol. The second-order valence-corrected chi connectivity index (χ2v) is 14.1. The average molecular weight is 670 g/mol. The van der Waals surface area contributed by atoms with Gasteiger partial charge in [-0.3, -0.25) is 0 Å². The summed E-state index contributed by atoms with van der Waals surface area (Å²) in [6.45, 7) is 0. The standard InChI is InChI=1S/C49H35NS/c1-5-13-34(14-6-1)41-26-42(35-15-7-2-8-16-35)28-43(27-41)39-21-22-40-32-51-33-45-25-38(23-24-46(45)47(40)29-39)44-30-48(36-17-9-3-10-18-36)50-49(31-44)37-19-11-4-12-20-37/h1-31H,32-33H2. The smallest absolute Gasteiger partial charge is 0.0715 e. The summed E-state index contributed by atoms with van der Waals surface area (Å²) < 4.78 is 0. The van der Waals surface area contributed by atoms with E-state index in [2.05, 4.69) is 188 Å². The van der Waals surface area contributed by atoms with Gasteiger partial charge in [0.05, 0.1) is 11.4 Å². The molecule has 0 spiro atoms. The normalized spacial score (nSPS) is 12.1. The van der Waals surface area contributed by atoms with Crippen LogP contribution in [0.25, 0.3) is 78.1 Å². The van der Waals surface area contributed by atoms with Crippen LogP contribution in [0.3, 0.4) is 0 Å². The molecule has 0 atom stereocenters. The van der Waals surface area contributed by atoms with Crippen molar-refractivity contribution in [3.05, 3.63) is 199 Å². The van der Waals surface area contributed by atoms with Gasteiger partial charge in [0.15, 0.2) is 0 Å². The van der Waals surface area contributed by atoms with E-state index in [4.69, 9.17) is 4.98 Å². The highest BCUT2D eigenvalue weighted by Crippen LogP contribution is 2.42. The lowest BCUT2D eigenvalue weighted by atomic mass is 9.89. The van der Waals surface area contributed by atoms with E-state index in [0.717, 1.165) is 34.0 Å². The number of benzene rings is 7. The van der Waals surface area contributed by atoms with Crippen LogP contribution in [0.15, 0.2) is 188 Å². The van der Waals surface area contributed by atoms with Gasteiger partial charge < -0.3 is 0 Å². The number of fused-ring (bicyclic) bond motifs is 3. The largest absolute Gasteiger partial charge is 0.248 e. The summed E-state index contributed by atoms with van der Waals surface area (Å²) in [6.07, 6.45) is 0. The van der Waals surface area contributed by atoms with Crippen LogP contribution < -0.4 is 0 Å². The Kier molecular flexibility index (Phi) is 8.37. The SMILES string of the molecule is c1ccc(-c2cc(-c3ccccc3)cc(-c3ccc4c(c3)-c3ccc(-c5cc(-c6ccccc6)nc(-c6ccccc6)c5)cc3CSC4)c2)cc1. The quantitative estimate of drug-likeness (QED) is 0.175. The number of thioether (sulfide) groups is 1. The van der Waals surface area contributed by atoms with E-state index in [0.29, 0.717) is 0 Å². The zero-order chi connectivity index (χ0) is 34.0. The topological polar surface area (TPSA) is 12.9 Å². The predicted octanol–water partition coefficient (Wildman–Crippen LogP) is 13.5. The Morgan fingerprint density at radius 2 is 0.725 bits per heavy atom. The van der Waals surface area contributed by atoms with Gasteiger partial charge in [-0.25, -0.2) is 4.98 Å². The van der Waals surface area contributed by atoms with Gasteiger partial charge in [0.1, 0.15) is 0 Å². The van der Waals surface area contributed by atoms with Crippen molar-refractivity contribution in [2.45, 2.75) is 11.5 Å². The Labute approximate surface area is 304 Å². The van der Waals surface area contributed by atoms with Crippen molar-refractivity contribution in [1.29, 1.82) is 0 Å². The first-order valence-electron chi connectivity index (χ1n) is 17.5. The fourth-order valence-electron chi connectivity index (χ4n) is 7.16. The lowest BCUT2D eigenvalue weighted by Crippen LogP contribution is -1.93. The molecule has 0 unspecified atom stereocenters. The van der Waals surface area contributed by atoms with Gasteiger partial charge in [0.25, 0.3) is 0 Å². The van der Waals surface area contributed by atoms with Crippen molar-refractivity contribution in [3.8, 4) is 78.1 Å². The molecule has 0 radical (unpaired) electrons. The molecular weight excluding hydrogens is 635 g/mol. The van der Waals surface area contributed by atoms with E-state index < -0.39 is 0 Å². The molecule has 8 aromatic rings. The van der Waals surface area contributed by atoms with Crippen molar-refractivity contribution < 1.29 is 0 Å². The van der Waals surface area contributed by atoms with E-state index in [1.807, 2.05) is 11.8 Å². The number of hydrogen-bond donors (Lipinski definition) is 0. The molecule has 0 aliphatic carbocycles. The molecule has 242 valence electrons. The molecule has 0 fully saturated rings. The molecule has 0 saturated carbocycles. The Morgan fingerprint density at radius 1 is 0.294 bits per heavy atom. The number of hydrogen-bond acceptors (Lipinski definition) is 2. The fourth-order valence-corrected chi connectivity index (χ4v) is 8.19. The number of nitrogens with zero attached hydrogens (tertiary/aromatic N) is 1. The Bertz CT molecular complexity index is 2360. The van der Waals surface area contributed by atoms with E-state index in [-0.39, 0.29) is 0 Å². The summed E-state index contributed by atoms with van der Waals surface area (Å²) in [5.41, 5.74) is 19.4. The van der Waals surface area contributed by atoms with Gasteiger partial charge >= 0.3 is 0 Å². The molecule has 2 heterocycles. The molecule has 1 nitrogen and oxygen atoms in total. The fraction of sp³-hybridized carbons (Fsp3) is 0.0408. The molecule has 0 N–H and O–H groups in total. The first-order valence-corrected chi connectivity index (χ1v) is 18.6. The van der Waals surface area contributed by atoms with Crippen molar-refractivity contribution in [3.63, 3.8) is 0 Å². The number of aromatic nitrogens is 1. The van der Waals surface area contributed by atoms with Crippen LogP contribution in [-0.2, 0) is 11.5 Å². The van der Waals surface area contributed by atoms with Crippen LogP contribution in [0.2, 0.25) is 0 Å². The maximum Gasteiger partial charge on any atom is 0.0715 e. The molecule has 1 aromatic heterocycles. The maximum absolute atomic E-state index is 5.12. The Morgan fingerprint density at radius 3 is 1.27 bits per heavy atom. The second-order valence-electron chi connectivity index (χ2n) is 13.1. The van der Waals surface area contributed by atoms with Gasteiger partial charge in [0, 0.05) is 22.6 Å². The Hall–Kier alpha value is -5.96. The molecule has 1 aliphatic rings. The number of rotatable bonds is 6. The minimum atomic E-state index is 0.969. The van der Waals surface area contributed by atoms with Gasteiger partial charge in [-0.15, -0.1) is 0 Å². The lowest BCUT2D eigenvalue weighted by molar-refractivity contribution is 1.32. The summed E-state index contributed by atoms with van der Waals surface area (Å²) >= 11 is 1.99. The zero-order valence-electron chi connectivity index (χ0n) is 28.2. The third-order valence-electron chi connectivity index (χ3n) is 9.80. The molecule has 9 rings (SSSR count). The summed E-state index contributed by atoms with van der Waals surface area (Å²) in [5, 5.41) is 0. The monoisotopic (exact) mass is 669 g/mol. The van der Waals surface area contributed by atoms with Crippen molar-refractivity contribution >= 4 is 11.8 Å². The van der Waals surface area contributed by atoms with Crippen molar-refractivity contribution in [1.82, 2.24) is 4.98 Å². The third kappa shape index (κ3) is 6.43. The summed E-state index contributed by atoms with van der Waals surface area (Å²) in [4.78, 5) is 5.12. The van der Waals surface area contributed by atoms with Crippen LogP contribution in [0.4, 0.5) is 0 Å². The van der Waals surface area contributed by atoms with E-state index in [1.54, 1.807) is 0 Å². The first-order chi connectivity index (χ1) is 25.2. The van der Waals surface area contributed by atoms with Gasteiger partial charge in [0.2, 0.25) is 0 Å². The van der Waals surface area contributed by atoms with Gasteiger partial charge in [-0.2, -0.15) is 11.8 Å². The molecule has 0 bridgehead atoms. The average Bonchev–Trinajstić information content (AvgIpc) is 3.40. The van der Waals surface area contributed by atoms with Crippen LogP contribution in [0.5, 0.6) is 0 Å². The van der Waals surface area contributed by atoms with Gasteiger partial charge in [-0.1, -0.05) is 146 Å². The number of pyridine rings is 1. The highest BCUT2D eigenvalue weighted by atomic mass is 32.2. The van der Waals surface area contributed by atoms with Crippen LogP contribution in [-0.4, -0.2) is 4.98 Å². The molecule has 2 heteroatoms. The first kappa shape index (κ1) is 31.1. The second kappa shape index (κ2) is 13.7. The van der Waals surface area contributed by atoms with Crippen molar-refractivity contribution in [2.24, 2.45) is 0 Å². The summed E-state index contributed by atoms with van der Waals surface area (Å²) in [7, 11) is 0. The molecule has 0 saturated heterocycles. The highest BCUT2D eigenvalue weighted by molar-refractivity contribution is 7.97. The van der Waals surface area contributed by atoms with E-state index in [1.165, 1.54) is 66.8 Å². The maximum atomic E-state index is 5.12. The lowest BCUT2D eigenvalue weighted by Gasteiger charge is -2.16. The third-order valence-corrected chi connectivity index (χ3v) is 10.8. The zero-order valence-corrected chi connectivity index (χ0v) is 29.0. The minimum Gasteiger partial charge on any atom is -0.248 e. The van der Waals surface area contributed by atoms with Crippen LogP contribution in [0.1, 0.15) is 11.1 Å². The van der Waals surface area contributed by atoms with E-state index >= 15 is 0 Å². The van der Waals surface area contributed by atoms with E-state index in [9.17, 15) is 0 Å². The van der Waals surface area contributed by atoms with Crippen LogP contribution in [0, 0.1) is 0 Å². The molecular formula is C49H35NS. The van der Waals surface area contributed by atoms with Gasteiger partial charge in [-0.05, 0) is 109 Å². The molecule has 7 aromatic carbocycles. The van der Waals surface area contributed by atoms with Crippen molar-refractivity contribution in [2.75, 3.05) is 0 Å². The van der Waals surface area contributed by atoms with Crippen LogP contribution >= 0.6 is 11.8 Å². The summed E-state index contributed by atoms with van der Waals surface area (Å²) in [6, 6.07) is 68.0. The highest BCUT2D eigenvalue weighted by Gasteiger charge is 2.18. The Balaban J connectivity index is 1.14. The summed E-state index contributed by atoms with van der Waals surface area (Å²) in [5.74, 6) is 1.96. The molecule has 51 heavy (non-hydrogen) atoms. The molecule has 1 aliphatic heterocycles. The molecule has 0 amide bonds. The minimum absolute atomic E-state index is 0.969.